The van der Waals surface area contributed by atoms with E-state index in [1.54, 1.807) is 36.6 Å². The van der Waals surface area contributed by atoms with Crippen molar-refractivity contribution in [3.63, 3.8) is 0 Å². The normalized spacial score (nSPS) is 16.0. The van der Waals surface area contributed by atoms with Crippen LogP contribution in [0, 0.1) is 0 Å². The number of nitrogens with two attached hydrogens (primary N) is 1. The van der Waals surface area contributed by atoms with Gasteiger partial charge in [-0.1, -0.05) is 17.4 Å². The van der Waals surface area contributed by atoms with Crippen molar-refractivity contribution in [3.8, 4) is 10.8 Å². The van der Waals surface area contributed by atoms with Gasteiger partial charge in [0.2, 0.25) is 4.96 Å². The zero-order chi connectivity index (χ0) is 17.6. The van der Waals surface area contributed by atoms with Gasteiger partial charge in [0.05, 0.1) is 16.3 Å². The minimum Gasteiger partial charge on any atom is -0.462 e. The molecule has 0 atom stereocenters. The van der Waals surface area contributed by atoms with Gasteiger partial charge in [0.25, 0.3) is 5.56 Å². The van der Waals surface area contributed by atoms with E-state index in [1.807, 2.05) is 0 Å². The van der Waals surface area contributed by atoms with Crippen LogP contribution >= 0.6 is 27.3 Å². The Labute approximate surface area is 152 Å². The maximum absolute atomic E-state index is 12.4. The average Bonchev–Trinajstić information content (AvgIpc) is 3.23. The monoisotopic (exact) mass is 416 g/mol. The molecule has 1 aliphatic rings. The third kappa shape index (κ3) is 2.77. The van der Waals surface area contributed by atoms with Crippen LogP contribution in [0.5, 0.6) is 0 Å². The molecule has 0 spiro atoms. The van der Waals surface area contributed by atoms with Crippen molar-refractivity contribution in [2.45, 2.75) is 0 Å². The fourth-order valence-corrected chi connectivity index (χ4v) is 3.55. The van der Waals surface area contributed by atoms with Crippen LogP contribution in [0.1, 0.15) is 5.56 Å². The van der Waals surface area contributed by atoms with Gasteiger partial charge in [-0.2, -0.15) is 9.50 Å². The van der Waals surface area contributed by atoms with Crippen molar-refractivity contribution >= 4 is 49.9 Å². The Kier molecular flexibility index (Phi) is 3.74. The predicted octanol–water partition coefficient (Wildman–Crippen LogP) is 2.79. The highest BCUT2D eigenvalue weighted by molar-refractivity contribution is 9.12. The molecule has 0 bridgehead atoms. The van der Waals surface area contributed by atoms with E-state index in [4.69, 9.17) is 10.2 Å². The van der Waals surface area contributed by atoms with Crippen molar-refractivity contribution in [1.82, 2.24) is 14.6 Å². The van der Waals surface area contributed by atoms with Crippen molar-refractivity contribution in [1.29, 1.82) is 0 Å². The second-order valence-corrected chi connectivity index (χ2v) is 6.94. The topological polar surface area (TPSA) is 103 Å². The van der Waals surface area contributed by atoms with E-state index >= 15 is 0 Å². The van der Waals surface area contributed by atoms with Gasteiger partial charge >= 0.3 is 0 Å². The highest BCUT2D eigenvalue weighted by atomic mass is 79.9. The highest BCUT2D eigenvalue weighted by Crippen LogP contribution is 2.27. The number of nitrogen functional groups attached to an aromatic ring is 1. The van der Waals surface area contributed by atoms with Crippen LogP contribution in [0.15, 0.2) is 55.9 Å². The second kappa shape index (κ2) is 5.94. The van der Waals surface area contributed by atoms with Crippen LogP contribution in [0.25, 0.3) is 21.8 Å². The van der Waals surface area contributed by atoms with Gasteiger partial charge in [-0.15, -0.1) is 5.10 Å². The summed E-state index contributed by atoms with van der Waals surface area (Å²) in [6.07, 6.45) is 7.75. The van der Waals surface area contributed by atoms with E-state index in [0.717, 1.165) is 0 Å². The molecule has 1 aliphatic carbocycles. The van der Waals surface area contributed by atoms with Crippen LogP contribution in [0.4, 0.5) is 5.82 Å². The molecule has 25 heavy (non-hydrogen) atoms. The number of ketones is 1. The second-order valence-electron chi connectivity index (χ2n) is 5.13. The first-order valence-corrected chi connectivity index (χ1v) is 8.68. The number of carbonyl (C=O) groups excluding carboxylic acids is 1. The van der Waals surface area contributed by atoms with Crippen molar-refractivity contribution < 1.29 is 9.21 Å². The maximum Gasteiger partial charge on any atom is 0.283 e. The lowest BCUT2D eigenvalue weighted by molar-refractivity contribution is -0.110. The van der Waals surface area contributed by atoms with Gasteiger partial charge in [0.1, 0.15) is 5.82 Å². The minimum absolute atomic E-state index is 0.141. The summed E-state index contributed by atoms with van der Waals surface area (Å²) in [6.45, 7) is 0. The Morgan fingerprint density at radius 1 is 1.32 bits per heavy atom. The number of rotatable bonds is 2. The fourth-order valence-electron chi connectivity index (χ4n) is 2.29. The van der Waals surface area contributed by atoms with Crippen LogP contribution in [-0.2, 0) is 4.79 Å². The van der Waals surface area contributed by atoms with E-state index in [-0.39, 0.29) is 17.2 Å². The molecule has 9 heteroatoms. The zero-order valence-corrected chi connectivity index (χ0v) is 14.9. The van der Waals surface area contributed by atoms with Crippen LogP contribution in [0.3, 0.4) is 0 Å². The Morgan fingerprint density at radius 2 is 2.16 bits per heavy atom. The van der Waals surface area contributed by atoms with Crippen molar-refractivity contribution in [3.05, 3.63) is 62.6 Å². The standard InChI is InChI=1S/C16H9BrN4O3S/c17-10-7-8(3-4-11(10)22)6-9-13(18)21-16(19-14(9)23)25-15(20-21)12-2-1-5-24-12/h1-7H,18H2/b8-6-. The van der Waals surface area contributed by atoms with E-state index in [0.29, 0.717) is 25.8 Å². The van der Waals surface area contributed by atoms with Gasteiger partial charge < -0.3 is 10.2 Å². The summed E-state index contributed by atoms with van der Waals surface area (Å²) in [5.74, 6) is 0.604. The van der Waals surface area contributed by atoms with E-state index in [9.17, 15) is 9.59 Å². The molecule has 3 aromatic heterocycles. The highest BCUT2D eigenvalue weighted by Gasteiger charge is 2.16. The third-order valence-electron chi connectivity index (χ3n) is 3.49. The van der Waals surface area contributed by atoms with Crippen LogP contribution in [-0.4, -0.2) is 20.4 Å². The average molecular weight is 417 g/mol. The molecular formula is C16H9BrN4O3S. The molecule has 0 unspecified atom stereocenters. The quantitative estimate of drug-likeness (QED) is 0.688. The Bertz CT molecular complexity index is 1150. The molecule has 0 amide bonds. The smallest absolute Gasteiger partial charge is 0.283 e. The Hall–Kier alpha value is -2.78. The number of carbonyl (C=O) groups is 1. The number of hydrogen-bond donors (Lipinski definition) is 1. The number of fused-ring (bicyclic) bond motifs is 1. The molecule has 0 radical (unpaired) electrons. The molecule has 0 fully saturated rings. The minimum atomic E-state index is -0.463. The summed E-state index contributed by atoms with van der Waals surface area (Å²) >= 11 is 4.38. The number of halogens is 1. The zero-order valence-electron chi connectivity index (χ0n) is 12.5. The summed E-state index contributed by atoms with van der Waals surface area (Å²) < 4.78 is 7.13. The Morgan fingerprint density at radius 3 is 2.88 bits per heavy atom. The molecule has 124 valence electrons. The third-order valence-corrected chi connectivity index (χ3v) is 5.03. The summed E-state index contributed by atoms with van der Waals surface area (Å²) in [6, 6.07) is 3.51. The molecule has 0 aromatic carbocycles. The first-order valence-electron chi connectivity index (χ1n) is 7.07. The number of allylic oxidation sites excluding steroid dienone is 5. The van der Waals surface area contributed by atoms with Crippen molar-refractivity contribution in [2.75, 3.05) is 5.73 Å². The van der Waals surface area contributed by atoms with Gasteiger partial charge in [-0.3, -0.25) is 9.59 Å². The lowest BCUT2D eigenvalue weighted by Gasteiger charge is -2.05. The lowest BCUT2D eigenvalue weighted by atomic mass is 10.1. The largest absolute Gasteiger partial charge is 0.462 e. The number of hydrogen-bond acceptors (Lipinski definition) is 7. The molecule has 0 saturated heterocycles. The number of aromatic nitrogens is 3. The predicted molar refractivity (Wildman–Crippen MR) is 98.4 cm³/mol. The van der Waals surface area contributed by atoms with E-state index < -0.39 is 5.56 Å². The maximum atomic E-state index is 12.4. The molecule has 0 aliphatic heterocycles. The number of nitrogens with zero attached hydrogens (tertiary/aromatic N) is 3. The number of furan rings is 1. The molecule has 7 nitrogen and oxygen atoms in total. The molecule has 0 saturated carbocycles. The molecule has 3 heterocycles. The lowest BCUT2D eigenvalue weighted by Crippen LogP contribution is -2.16. The summed E-state index contributed by atoms with van der Waals surface area (Å²) in [7, 11) is 0. The molecular weight excluding hydrogens is 408 g/mol. The molecule has 3 aromatic rings. The van der Waals surface area contributed by atoms with Gasteiger partial charge in [0, 0.05) is 0 Å². The first-order chi connectivity index (χ1) is 12.0. The van der Waals surface area contributed by atoms with Crippen LogP contribution in [0.2, 0.25) is 0 Å². The van der Waals surface area contributed by atoms with E-state index in [1.165, 1.54) is 21.9 Å². The summed E-state index contributed by atoms with van der Waals surface area (Å²) in [4.78, 5) is 28.2. The Balaban J connectivity index is 1.87. The number of anilines is 1. The van der Waals surface area contributed by atoms with Gasteiger partial charge in [0.15, 0.2) is 16.6 Å². The summed E-state index contributed by atoms with van der Waals surface area (Å²) in [5.41, 5.74) is 6.53. The summed E-state index contributed by atoms with van der Waals surface area (Å²) in [5, 5.41) is 4.93. The fraction of sp³-hybridized carbons (Fsp3) is 0. The van der Waals surface area contributed by atoms with Crippen LogP contribution < -0.4 is 11.3 Å². The van der Waals surface area contributed by atoms with E-state index in [2.05, 4.69) is 26.0 Å². The van der Waals surface area contributed by atoms with Gasteiger partial charge in [-0.05, 0) is 51.9 Å². The van der Waals surface area contributed by atoms with Gasteiger partial charge in [-0.25, -0.2) is 0 Å². The first kappa shape index (κ1) is 15.7. The van der Waals surface area contributed by atoms with Crippen molar-refractivity contribution in [2.24, 2.45) is 0 Å². The molecule has 4 rings (SSSR count). The SMILES string of the molecule is Nc1c(/C=C2/C=CC(=O)C(Br)=C2)c(=O)nc2sc(-c3ccco3)nn12. The molecule has 2 N–H and O–H groups in total.